The lowest BCUT2D eigenvalue weighted by atomic mass is 9.86. The molecule has 20 heteroatoms. The zero-order valence-corrected chi connectivity index (χ0v) is 22.3. The van der Waals surface area contributed by atoms with Crippen LogP contribution in [0, 0.1) is 0 Å². The van der Waals surface area contributed by atoms with Gasteiger partial charge < -0.3 is 30.1 Å². The van der Waals surface area contributed by atoms with Crippen LogP contribution in [0.1, 0.15) is 29.3 Å². The predicted octanol–water partition coefficient (Wildman–Crippen LogP) is 1.15. The molecule has 2 aromatic rings. The number of carbonyl (C=O) groups excluding carboxylic acids is 1. The number of carboxylic acid groups (broad SMARTS) is 2. The maximum absolute atomic E-state index is 12.7. The van der Waals surface area contributed by atoms with E-state index in [0.29, 0.717) is 31.4 Å². The average molecular weight is 615 g/mol. The third kappa shape index (κ3) is 9.50. The highest BCUT2D eigenvalue weighted by molar-refractivity contribution is 5.90. The van der Waals surface area contributed by atoms with Crippen LogP contribution in [-0.2, 0) is 26.5 Å². The van der Waals surface area contributed by atoms with E-state index in [1.54, 1.807) is 12.4 Å². The highest BCUT2D eigenvalue weighted by atomic mass is 19.4. The van der Waals surface area contributed by atoms with Gasteiger partial charge in [-0.05, 0) is 33.0 Å². The van der Waals surface area contributed by atoms with Gasteiger partial charge in [0.15, 0.2) is 5.82 Å². The van der Waals surface area contributed by atoms with Gasteiger partial charge in [-0.25, -0.2) is 19.6 Å². The number of amides is 1. The van der Waals surface area contributed by atoms with Crippen molar-refractivity contribution < 1.29 is 55.7 Å². The van der Waals surface area contributed by atoms with Gasteiger partial charge in [-0.2, -0.15) is 26.3 Å². The maximum atomic E-state index is 12.7. The Morgan fingerprint density at radius 1 is 1.00 bits per heavy atom. The fraction of sp³-hybridized carbons (Fsp3) is 0.591. The van der Waals surface area contributed by atoms with Crippen molar-refractivity contribution in [3.05, 3.63) is 30.1 Å². The van der Waals surface area contributed by atoms with Gasteiger partial charge in [-0.3, -0.25) is 9.36 Å². The Bertz CT molecular complexity index is 1180. The number of likely N-dealkylation sites (N-methyl/N-ethyl adjacent to an activating group) is 1. The van der Waals surface area contributed by atoms with E-state index in [0.717, 1.165) is 38.4 Å². The second-order valence-electron chi connectivity index (χ2n) is 9.19. The summed E-state index contributed by atoms with van der Waals surface area (Å²) < 4.78 is 71.3. The first kappa shape index (κ1) is 34.1. The Morgan fingerprint density at radius 3 is 2.00 bits per heavy atom. The molecule has 0 atom stereocenters. The van der Waals surface area contributed by atoms with Crippen molar-refractivity contribution in [2.24, 2.45) is 0 Å². The maximum Gasteiger partial charge on any atom is 0.490 e. The lowest BCUT2D eigenvalue weighted by Gasteiger charge is -2.45. The van der Waals surface area contributed by atoms with Crippen LogP contribution in [-0.4, -0.2) is 117 Å². The van der Waals surface area contributed by atoms with Crippen molar-refractivity contribution in [2.45, 2.75) is 37.3 Å². The van der Waals surface area contributed by atoms with Crippen molar-refractivity contribution in [2.75, 3.05) is 51.8 Å². The molecule has 0 saturated carbocycles. The fourth-order valence-electron chi connectivity index (χ4n) is 3.87. The molecule has 14 nitrogen and oxygen atoms in total. The number of ether oxygens (including phenoxy) is 1. The molecule has 0 bridgehead atoms. The van der Waals surface area contributed by atoms with Crippen LogP contribution in [0.4, 0.5) is 32.3 Å². The summed E-state index contributed by atoms with van der Waals surface area (Å²) in [7, 11) is 3.95. The molecular weight excluding hydrogens is 586 g/mol. The van der Waals surface area contributed by atoms with E-state index >= 15 is 0 Å². The van der Waals surface area contributed by atoms with E-state index in [9.17, 15) is 31.1 Å². The summed E-state index contributed by atoms with van der Waals surface area (Å²) in [5.74, 6) is -3.87. The summed E-state index contributed by atoms with van der Waals surface area (Å²) in [4.78, 5) is 43.4. The number of piperidine rings is 1. The molecule has 0 aliphatic carbocycles. The van der Waals surface area contributed by atoms with E-state index in [2.05, 4.69) is 30.4 Å². The standard InChI is InChI=1S/C18H26N8O2.2C2HF3O2/c1-24(2)11-8-19-16(27)15-23-22-14-12-28-13-18(26(14)15)4-9-25(10-5-18)17-20-6-3-7-21-17;2*3-2(4,5)1(6)7/h3,6-7H,4-5,8-13H2,1-2H3,(H,19,27);2*(H,6,7). The lowest BCUT2D eigenvalue weighted by Crippen LogP contribution is -2.53. The first-order valence-electron chi connectivity index (χ1n) is 12.1. The first-order chi connectivity index (χ1) is 19.5. The number of halogens is 6. The Balaban J connectivity index is 0.000000367. The van der Waals surface area contributed by atoms with Crippen molar-refractivity contribution >= 4 is 23.8 Å². The second kappa shape index (κ2) is 14.2. The smallest absolute Gasteiger partial charge is 0.475 e. The topological polar surface area (TPSA) is 176 Å². The Morgan fingerprint density at radius 2 is 1.52 bits per heavy atom. The van der Waals surface area contributed by atoms with Gasteiger partial charge in [0, 0.05) is 38.6 Å². The lowest BCUT2D eigenvalue weighted by molar-refractivity contribution is -0.193. The summed E-state index contributed by atoms with van der Waals surface area (Å²) in [6.45, 7) is 3.84. The van der Waals surface area contributed by atoms with Crippen molar-refractivity contribution in [3.8, 4) is 0 Å². The Labute approximate surface area is 234 Å². The van der Waals surface area contributed by atoms with Gasteiger partial charge in [-0.1, -0.05) is 0 Å². The van der Waals surface area contributed by atoms with Gasteiger partial charge in [0.2, 0.25) is 11.8 Å². The third-order valence-corrected chi connectivity index (χ3v) is 5.87. The molecule has 1 amide bonds. The van der Waals surface area contributed by atoms with Crippen LogP contribution in [0.2, 0.25) is 0 Å². The van der Waals surface area contributed by atoms with Gasteiger partial charge >= 0.3 is 24.3 Å². The molecule has 0 aromatic carbocycles. The molecule has 3 N–H and O–H groups in total. The zero-order valence-electron chi connectivity index (χ0n) is 22.3. The number of carbonyl (C=O) groups is 3. The molecule has 1 saturated heterocycles. The van der Waals surface area contributed by atoms with Crippen LogP contribution in [0.15, 0.2) is 18.5 Å². The summed E-state index contributed by atoms with van der Waals surface area (Å²) >= 11 is 0. The molecule has 4 rings (SSSR count). The summed E-state index contributed by atoms with van der Waals surface area (Å²) in [5.41, 5.74) is -0.309. The number of anilines is 1. The van der Waals surface area contributed by atoms with Crippen LogP contribution >= 0.6 is 0 Å². The molecule has 2 aliphatic rings. The molecule has 1 fully saturated rings. The van der Waals surface area contributed by atoms with Crippen LogP contribution in [0.3, 0.4) is 0 Å². The van der Waals surface area contributed by atoms with Crippen LogP contribution in [0.25, 0.3) is 0 Å². The third-order valence-electron chi connectivity index (χ3n) is 5.87. The molecule has 2 aliphatic heterocycles. The molecule has 2 aromatic heterocycles. The molecule has 1 spiro atoms. The van der Waals surface area contributed by atoms with E-state index < -0.39 is 24.3 Å². The summed E-state index contributed by atoms with van der Waals surface area (Å²) in [5, 5.41) is 25.6. The normalized spacial score (nSPS) is 16.0. The molecule has 234 valence electrons. The van der Waals surface area contributed by atoms with Crippen LogP contribution in [0.5, 0.6) is 0 Å². The summed E-state index contributed by atoms with van der Waals surface area (Å²) in [6, 6.07) is 1.81. The number of carboxylic acids is 2. The quantitative estimate of drug-likeness (QED) is 0.411. The van der Waals surface area contributed by atoms with E-state index in [1.165, 1.54) is 0 Å². The fourth-order valence-corrected chi connectivity index (χ4v) is 3.87. The molecule has 4 heterocycles. The Hall–Kier alpha value is -4.07. The zero-order chi connectivity index (χ0) is 31.7. The Kier molecular flexibility index (Phi) is 11.5. The molecule has 42 heavy (non-hydrogen) atoms. The second-order valence-corrected chi connectivity index (χ2v) is 9.19. The minimum Gasteiger partial charge on any atom is -0.475 e. The highest BCUT2D eigenvalue weighted by Crippen LogP contribution is 2.36. The number of fused-ring (bicyclic) bond motifs is 2. The van der Waals surface area contributed by atoms with Crippen LogP contribution < -0.4 is 10.2 Å². The van der Waals surface area contributed by atoms with Gasteiger partial charge in [0.05, 0.1) is 12.1 Å². The predicted molar refractivity (Wildman–Crippen MR) is 129 cm³/mol. The van der Waals surface area contributed by atoms with Gasteiger partial charge in [-0.15, -0.1) is 10.2 Å². The number of hydrogen-bond acceptors (Lipinski definition) is 10. The average Bonchev–Trinajstić information content (AvgIpc) is 3.35. The number of aromatic nitrogens is 5. The van der Waals surface area contributed by atoms with Gasteiger partial charge in [0.25, 0.3) is 5.91 Å². The van der Waals surface area contributed by atoms with Crippen molar-refractivity contribution in [1.29, 1.82) is 0 Å². The number of aliphatic carboxylic acids is 2. The highest BCUT2D eigenvalue weighted by Gasteiger charge is 2.44. The monoisotopic (exact) mass is 614 g/mol. The van der Waals surface area contributed by atoms with E-state index in [-0.39, 0.29) is 11.4 Å². The summed E-state index contributed by atoms with van der Waals surface area (Å²) in [6.07, 6.45) is -5.03. The first-order valence-corrected chi connectivity index (χ1v) is 12.1. The van der Waals surface area contributed by atoms with Crippen molar-refractivity contribution in [1.82, 2.24) is 34.9 Å². The minimum absolute atomic E-state index is 0.185. The van der Waals surface area contributed by atoms with Crippen molar-refractivity contribution in [3.63, 3.8) is 0 Å². The SMILES string of the molecule is CN(C)CCNC(=O)c1nnc2n1C1(CCN(c3ncccn3)CC1)COC2.O=C(O)C(F)(F)F.O=C(O)C(F)(F)F. The largest absolute Gasteiger partial charge is 0.490 e. The van der Waals surface area contributed by atoms with E-state index in [4.69, 9.17) is 24.5 Å². The van der Waals surface area contributed by atoms with Gasteiger partial charge in [0.1, 0.15) is 6.61 Å². The number of nitrogens with zero attached hydrogens (tertiary/aromatic N) is 7. The molecule has 0 radical (unpaired) electrons. The number of hydrogen-bond donors (Lipinski definition) is 3. The molecule has 0 unspecified atom stereocenters. The van der Waals surface area contributed by atoms with E-state index in [1.807, 2.05) is 29.6 Å². The number of alkyl halides is 6. The molecular formula is C22H28F6N8O6. The number of nitrogens with one attached hydrogen (secondary N) is 1. The minimum atomic E-state index is -5.08. The number of rotatable bonds is 5.